The smallest absolute Gasteiger partial charge is 0.410 e. The first-order valence-corrected chi connectivity index (χ1v) is 16.7. The molecule has 0 spiro atoms. The molecule has 2 amide bonds. The van der Waals surface area contributed by atoms with Gasteiger partial charge in [0.15, 0.2) is 0 Å². The fourth-order valence-electron chi connectivity index (χ4n) is 5.96. The van der Waals surface area contributed by atoms with Crippen molar-refractivity contribution in [1.82, 2.24) is 19.8 Å². The number of amides is 2. The lowest BCUT2D eigenvalue weighted by Crippen LogP contribution is -2.49. The van der Waals surface area contributed by atoms with Crippen molar-refractivity contribution in [2.24, 2.45) is 0 Å². The Morgan fingerprint density at radius 1 is 0.619 bits per heavy atom. The maximum absolute atomic E-state index is 13.3. The molecule has 238 valence electrons. The number of nitrogens with zero attached hydrogens (tertiary/aromatic N) is 4. The second-order valence-electron chi connectivity index (χ2n) is 14.3. The number of ether oxygens (including phenoxy) is 2. The summed E-state index contributed by atoms with van der Waals surface area (Å²) < 4.78 is 11.7. The van der Waals surface area contributed by atoms with E-state index in [2.05, 4.69) is 13.8 Å². The van der Waals surface area contributed by atoms with Crippen LogP contribution in [0.2, 0.25) is 0 Å². The van der Waals surface area contributed by atoms with E-state index in [0.717, 1.165) is 48.5 Å². The molecule has 1 aromatic rings. The minimum Gasteiger partial charge on any atom is -0.444 e. The zero-order valence-corrected chi connectivity index (χ0v) is 27.9. The van der Waals surface area contributed by atoms with Crippen LogP contribution in [0.25, 0.3) is 0 Å². The highest BCUT2D eigenvalue weighted by molar-refractivity contribution is 5.70. The Hall–Kier alpha value is -2.38. The van der Waals surface area contributed by atoms with Gasteiger partial charge in [0.05, 0.1) is 35.9 Å². The first-order valence-electron chi connectivity index (χ1n) is 16.7. The van der Waals surface area contributed by atoms with Gasteiger partial charge in [0.2, 0.25) is 0 Å². The Morgan fingerprint density at radius 3 is 1.31 bits per heavy atom. The average molecular weight is 587 g/mol. The molecule has 8 heteroatoms. The molecule has 0 saturated heterocycles. The van der Waals surface area contributed by atoms with E-state index in [1.54, 1.807) is 0 Å². The Balaban J connectivity index is 1.84. The summed E-state index contributed by atoms with van der Waals surface area (Å²) in [7, 11) is 0. The van der Waals surface area contributed by atoms with Crippen LogP contribution in [0.4, 0.5) is 9.59 Å². The van der Waals surface area contributed by atoms with E-state index in [1.165, 1.54) is 51.4 Å². The van der Waals surface area contributed by atoms with Gasteiger partial charge in [-0.25, -0.2) is 9.59 Å². The Bertz CT molecular complexity index is 948. The van der Waals surface area contributed by atoms with Crippen LogP contribution in [0.3, 0.4) is 0 Å². The minimum absolute atomic E-state index is 0.0303. The van der Waals surface area contributed by atoms with Crippen LogP contribution in [0.5, 0.6) is 0 Å². The molecule has 2 aliphatic heterocycles. The minimum atomic E-state index is -0.556. The second-order valence-corrected chi connectivity index (χ2v) is 14.3. The van der Waals surface area contributed by atoms with Gasteiger partial charge >= 0.3 is 12.2 Å². The van der Waals surface area contributed by atoms with E-state index in [-0.39, 0.29) is 24.3 Å². The molecule has 0 fully saturated rings. The van der Waals surface area contributed by atoms with Gasteiger partial charge in [-0.1, -0.05) is 78.1 Å². The van der Waals surface area contributed by atoms with E-state index in [1.807, 2.05) is 51.3 Å². The highest BCUT2D eigenvalue weighted by Crippen LogP contribution is 2.31. The van der Waals surface area contributed by atoms with Gasteiger partial charge in [-0.15, -0.1) is 0 Å². The third-order valence-electron chi connectivity index (χ3n) is 8.12. The lowest BCUT2D eigenvalue weighted by atomic mass is 9.94. The third-order valence-corrected chi connectivity index (χ3v) is 8.12. The number of fused-ring (bicyclic) bond motifs is 2. The molecule has 0 saturated carbocycles. The molecular weight excluding hydrogens is 528 g/mol. The predicted octanol–water partition coefficient (Wildman–Crippen LogP) is 8.52. The second kappa shape index (κ2) is 15.4. The van der Waals surface area contributed by atoms with Crippen LogP contribution in [0.15, 0.2) is 0 Å². The number of carbonyl (C=O) groups excluding carboxylic acids is 2. The standard InChI is InChI=1S/C34H58N4O4/c1-9-11-13-15-17-19-25-21-27-29(23-37(25)31(39)41-33(3,4)5)36-28-22-26(20-18-16-14-12-10-2)38(24-30(28)35-27)32(40)42-34(6,7)8/h25-26H,9-24H2,1-8H3/t25-,26-/m1/s1. The largest absolute Gasteiger partial charge is 0.444 e. The first kappa shape index (κ1) is 34.1. The molecule has 2 atom stereocenters. The third kappa shape index (κ3) is 10.4. The summed E-state index contributed by atoms with van der Waals surface area (Å²) in [5.41, 5.74) is 2.53. The number of carbonyl (C=O) groups is 2. The quantitative estimate of drug-likeness (QED) is 0.228. The molecular formula is C34H58N4O4. The molecule has 2 aliphatic rings. The molecule has 0 unspecified atom stereocenters. The molecule has 42 heavy (non-hydrogen) atoms. The average Bonchev–Trinajstić information content (AvgIpc) is 2.89. The number of hydrogen-bond acceptors (Lipinski definition) is 6. The van der Waals surface area contributed by atoms with Crippen LogP contribution in [0, 0.1) is 0 Å². The number of rotatable bonds is 12. The zero-order chi connectivity index (χ0) is 30.9. The first-order chi connectivity index (χ1) is 19.8. The van der Waals surface area contributed by atoms with E-state index in [0.29, 0.717) is 25.9 Å². The van der Waals surface area contributed by atoms with Crippen LogP contribution in [0.1, 0.15) is 155 Å². The summed E-state index contributed by atoms with van der Waals surface area (Å²) in [6.07, 6.45) is 14.5. The van der Waals surface area contributed by atoms with E-state index in [4.69, 9.17) is 19.4 Å². The Labute approximate surface area is 255 Å². The van der Waals surface area contributed by atoms with E-state index in [9.17, 15) is 9.59 Å². The highest BCUT2D eigenvalue weighted by Gasteiger charge is 2.38. The molecule has 0 aromatic carbocycles. The van der Waals surface area contributed by atoms with Gasteiger partial charge in [-0.3, -0.25) is 19.8 Å². The maximum Gasteiger partial charge on any atom is 0.410 e. The fourth-order valence-corrected chi connectivity index (χ4v) is 5.96. The van der Waals surface area contributed by atoms with Crippen LogP contribution in [-0.4, -0.2) is 55.2 Å². The van der Waals surface area contributed by atoms with Crippen molar-refractivity contribution in [3.63, 3.8) is 0 Å². The Morgan fingerprint density at radius 2 is 0.976 bits per heavy atom. The van der Waals surface area contributed by atoms with Crippen LogP contribution >= 0.6 is 0 Å². The van der Waals surface area contributed by atoms with Crippen molar-refractivity contribution in [3.05, 3.63) is 22.8 Å². The summed E-state index contributed by atoms with van der Waals surface area (Å²) in [6.45, 7) is 16.8. The monoisotopic (exact) mass is 586 g/mol. The topological polar surface area (TPSA) is 84.9 Å². The SMILES string of the molecule is CCCCCCC[C@@H]1Cc2nc3c(nc2CN1C(=O)OC(C)(C)C)C[C@@H](CCCCCCC)N(C(=O)OC(C)(C)C)C3. The molecule has 3 rings (SSSR count). The van der Waals surface area contributed by atoms with Crippen molar-refractivity contribution in [2.45, 2.75) is 182 Å². The fraction of sp³-hybridized carbons (Fsp3) is 0.824. The molecule has 3 heterocycles. The van der Waals surface area contributed by atoms with Gasteiger partial charge in [0, 0.05) is 24.9 Å². The van der Waals surface area contributed by atoms with Crippen LogP contribution < -0.4 is 0 Å². The van der Waals surface area contributed by atoms with E-state index >= 15 is 0 Å². The normalized spacial score (nSPS) is 18.9. The van der Waals surface area contributed by atoms with Crippen molar-refractivity contribution in [2.75, 3.05) is 0 Å². The number of aromatic nitrogens is 2. The molecule has 0 bridgehead atoms. The van der Waals surface area contributed by atoms with Crippen LogP contribution in [-0.2, 0) is 35.4 Å². The van der Waals surface area contributed by atoms with Gasteiger partial charge in [0.1, 0.15) is 11.2 Å². The molecule has 0 aliphatic carbocycles. The number of hydrogen-bond donors (Lipinski definition) is 0. The summed E-state index contributed by atoms with van der Waals surface area (Å²) >= 11 is 0. The lowest BCUT2D eigenvalue weighted by Gasteiger charge is -2.39. The molecule has 0 radical (unpaired) electrons. The van der Waals surface area contributed by atoms with Crippen molar-refractivity contribution < 1.29 is 19.1 Å². The van der Waals surface area contributed by atoms with Crippen molar-refractivity contribution in [1.29, 1.82) is 0 Å². The summed E-state index contributed by atoms with van der Waals surface area (Å²) in [6, 6.07) is 0.0606. The summed E-state index contributed by atoms with van der Waals surface area (Å²) in [4.78, 5) is 40.7. The summed E-state index contributed by atoms with van der Waals surface area (Å²) in [5, 5.41) is 0. The molecule has 8 nitrogen and oxygen atoms in total. The van der Waals surface area contributed by atoms with Gasteiger partial charge in [-0.05, 0) is 54.4 Å². The summed E-state index contributed by atoms with van der Waals surface area (Å²) in [5.74, 6) is 0. The molecule has 0 N–H and O–H groups in total. The van der Waals surface area contributed by atoms with Gasteiger partial charge < -0.3 is 9.47 Å². The zero-order valence-electron chi connectivity index (χ0n) is 27.9. The van der Waals surface area contributed by atoms with Crippen molar-refractivity contribution in [3.8, 4) is 0 Å². The predicted molar refractivity (Wildman–Crippen MR) is 167 cm³/mol. The highest BCUT2D eigenvalue weighted by atomic mass is 16.6. The maximum atomic E-state index is 13.3. The van der Waals surface area contributed by atoms with Gasteiger partial charge in [-0.2, -0.15) is 0 Å². The molecule has 1 aromatic heterocycles. The van der Waals surface area contributed by atoms with Crippen molar-refractivity contribution >= 4 is 12.2 Å². The Kier molecular flexibility index (Phi) is 12.5. The number of unbranched alkanes of at least 4 members (excludes halogenated alkanes) is 8. The lowest BCUT2D eigenvalue weighted by molar-refractivity contribution is 0.00741. The van der Waals surface area contributed by atoms with Gasteiger partial charge in [0.25, 0.3) is 0 Å². The van der Waals surface area contributed by atoms with E-state index < -0.39 is 11.2 Å².